The Bertz CT molecular complexity index is 299. The van der Waals surface area contributed by atoms with E-state index in [4.69, 9.17) is 0 Å². The van der Waals surface area contributed by atoms with Crippen LogP contribution in [0.15, 0.2) is 35.2 Å². The molecule has 0 fully saturated rings. The molecule has 0 radical (unpaired) electrons. The molecular formula is C10H10S. The first-order valence-corrected chi connectivity index (χ1v) is 4.78. The maximum absolute atomic E-state index is 2.21. The third-order valence-electron chi connectivity index (χ3n) is 1.96. The molecule has 0 nitrogen and oxygen atoms in total. The smallest absolute Gasteiger partial charge is 0.0235 e. The number of hydrogen-bond acceptors (Lipinski definition) is 1. The average Bonchev–Trinajstić information content (AvgIpc) is 2.47. The van der Waals surface area contributed by atoms with E-state index in [2.05, 4.69) is 37.3 Å². The lowest BCUT2D eigenvalue weighted by atomic mass is 10.1. The Balaban J connectivity index is 2.55. The first-order chi connectivity index (χ1) is 5.42. The zero-order valence-corrected chi connectivity index (χ0v) is 7.32. The SMILES string of the molecule is C/C=C1\CSc2ccccc21. The highest BCUT2D eigenvalue weighted by molar-refractivity contribution is 8.00. The average molecular weight is 162 g/mol. The lowest BCUT2D eigenvalue weighted by Crippen LogP contribution is -1.77. The fourth-order valence-corrected chi connectivity index (χ4v) is 2.49. The Kier molecular flexibility index (Phi) is 1.74. The van der Waals surface area contributed by atoms with Crippen LogP contribution in [-0.4, -0.2) is 5.75 Å². The molecule has 56 valence electrons. The van der Waals surface area contributed by atoms with Gasteiger partial charge in [-0.05, 0) is 24.1 Å². The molecule has 1 heteroatoms. The molecular weight excluding hydrogens is 152 g/mol. The topological polar surface area (TPSA) is 0 Å². The Morgan fingerprint density at radius 3 is 3.00 bits per heavy atom. The highest BCUT2D eigenvalue weighted by Crippen LogP contribution is 2.38. The molecule has 1 aromatic rings. The lowest BCUT2D eigenvalue weighted by molar-refractivity contribution is 1.42. The monoisotopic (exact) mass is 162 g/mol. The van der Waals surface area contributed by atoms with Crippen LogP contribution < -0.4 is 0 Å². The maximum atomic E-state index is 2.21. The molecule has 0 spiro atoms. The number of fused-ring (bicyclic) bond motifs is 1. The second-order valence-electron chi connectivity index (χ2n) is 2.60. The summed E-state index contributed by atoms with van der Waals surface area (Å²) in [5.74, 6) is 1.15. The minimum absolute atomic E-state index is 1.15. The van der Waals surface area contributed by atoms with Crippen LogP contribution in [0.4, 0.5) is 0 Å². The molecule has 0 unspecified atom stereocenters. The zero-order valence-electron chi connectivity index (χ0n) is 6.50. The molecule has 0 bridgehead atoms. The molecule has 0 aliphatic carbocycles. The van der Waals surface area contributed by atoms with Crippen LogP contribution in [0.3, 0.4) is 0 Å². The van der Waals surface area contributed by atoms with Crippen LogP contribution in [0.2, 0.25) is 0 Å². The Morgan fingerprint density at radius 1 is 1.36 bits per heavy atom. The van der Waals surface area contributed by atoms with Gasteiger partial charge in [-0.1, -0.05) is 24.3 Å². The Morgan fingerprint density at radius 2 is 2.18 bits per heavy atom. The number of allylic oxidation sites excluding steroid dienone is 1. The molecule has 2 rings (SSSR count). The van der Waals surface area contributed by atoms with Crippen LogP contribution in [0.1, 0.15) is 12.5 Å². The van der Waals surface area contributed by atoms with E-state index in [9.17, 15) is 0 Å². The first kappa shape index (κ1) is 6.99. The van der Waals surface area contributed by atoms with Gasteiger partial charge in [0, 0.05) is 10.6 Å². The second kappa shape index (κ2) is 2.74. The van der Waals surface area contributed by atoms with E-state index in [1.54, 1.807) is 0 Å². The molecule has 0 saturated heterocycles. The van der Waals surface area contributed by atoms with E-state index in [1.807, 2.05) is 11.8 Å². The van der Waals surface area contributed by atoms with Gasteiger partial charge in [-0.2, -0.15) is 0 Å². The van der Waals surface area contributed by atoms with Crippen LogP contribution in [0, 0.1) is 0 Å². The molecule has 1 aromatic carbocycles. The van der Waals surface area contributed by atoms with Crippen molar-refractivity contribution in [2.75, 3.05) is 5.75 Å². The summed E-state index contributed by atoms with van der Waals surface area (Å²) >= 11 is 1.93. The molecule has 0 aromatic heterocycles. The quantitative estimate of drug-likeness (QED) is 0.564. The van der Waals surface area contributed by atoms with Crippen LogP contribution in [0.5, 0.6) is 0 Å². The molecule has 0 saturated carbocycles. The highest BCUT2D eigenvalue weighted by atomic mass is 32.2. The molecule has 0 N–H and O–H groups in total. The molecule has 1 aliphatic heterocycles. The number of rotatable bonds is 0. The minimum atomic E-state index is 1.15. The Labute approximate surface area is 71.3 Å². The van der Waals surface area contributed by atoms with Gasteiger partial charge in [0.1, 0.15) is 0 Å². The van der Waals surface area contributed by atoms with Crippen molar-refractivity contribution in [2.45, 2.75) is 11.8 Å². The van der Waals surface area contributed by atoms with Crippen molar-refractivity contribution in [1.82, 2.24) is 0 Å². The van der Waals surface area contributed by atoms with E-state index in [1.165, 1.54) is 16.0 Å². The van der Waals surface area contributed by atoms with Crippen molar-refractivity contribution >= 4 is 17.3 Å². The normalized spacial score (nSPS) is 18.8. The first-order valence-electron chi connectivity index (χ1n) is 3.79. The predicted molar refractivity (Wildman–Crippen MR) is 50.8 cm³/mol. The minimum Gasteiger partial charge on any atom is -0.121 e. The van der Waals surface area contributed by atoms with Crippen molar-refractivity contribution in [3.63, 3.8) is 0 Å². The van der Waals surface area contributed by atoms with Crippen LogP contribution >= 0.6 is 11.8 Å². The van der Waals surface area contributed by atoms with Crippen molar-refractivity contribution in [3.8, 4) is 0 Å². The molecule has 0 amide bonds. The van der Waals surface area contributed by atoms with Crippen LogP contribution in [-0.2, 0) is 0 Å². The zero-order chi connectivity index (χ0) is 7.68. The van der Waals surface area contributed by atoms with Gasteiger partial charge < -0.3 is 0 Å². The summed E-state index contributed by atoms with van der Waals surface area (Å²) in [7, 11) is 0. The standard InChI is InChI=1S/C10H10S/c1-2-8-7-11-10-6-4-3-5-9(8)10/h2-6H,7H2,1H3/b8-2+. The number of hydrogen-bond donors (Lipinski definition) is 0. The van der Waals surface area contributed by atoms with E-state index in [-0.39, 0.29) is 0 Å². The number of thioether (sulfide) groups is 1. The van der Waals surface area contributed by atoms with Gasteiger partial charge in [0.25, 0.3) is 0 Å². The molecule has 11 heavy (non-hydrogen) atoms. The molecule has 0 atom stereocenters. The van der Waals surface area contributed by atoms with Crippen molar-refractivity contribution in [2.24, 2.45) is 0 Å². The summed E-state index contributed by atoms with van der Waals surface area (Å²) in [6.45, 7) is 2.11. The van der Waals surface area contributed by atoms with Crippen molar-refractivity contribution < 1.29 is 0 Å². The van der Waals surface area contributed by atoms with Gasteiger partial charge in [0.05, 0.1) is 0 Å². The third kappa shape index (κ3) is 1.10. The Hall–Kier alpha value is -0.690. The summed E-state index contributed by atoms with van der Waals surface area (Å²) in [4.78, 5) is 1.43. The third-order valence-corrected chi connectivity index (χ3v) is 3.09. The van der Waals surface area contributed by atoms with E-state index < -0.39 is 0 Å². The summed E-state index contributed by atoms with van der Waals surface area (Å²) in [6.07, 6.45) is 2.21. The molecule has 1 heterocycles. The van der Waals surface area contributed by atoms with E-state index in [0.29, 0.717) is 0 Å². The summed E-state index contributed by atoms with van der Waals surface area (Å²) in [6, 6.07) is 8.60. The van der Waals surface area contributed by atoms with E-state index in [0.717, 1.165) is 5.75 Å². The largest absolute Gasteiger partial charge is 0.121 e. The van der Waals surface area contributed by atoms with Gasteiger partial charge in [0.15, 0.2) is 0 Å². The van der Waals surface area contributed by atoms with Gasteiger partial charge in [0.2, 0.25) is 0 Å². The summed E-state index contributed by atoms with van der Waals surface area (Å²) in [5, 5.41) is 0. The summed E-state index contributed by atoms with van der Waals surface area (Å²) in [5.41, 5.74) is 2.91. The lowest BCUT2D eigenvalue weighted by Gasteiger charge is -1.95. The van der Waals surface area contributed by atoms with Crippen molar-refractivity contribution in [3.05, 3.63) is 35.9 Å². The van der Waals surface area contributed by atoms with Crippen LogP contribution in [0.25, 0.3) is 5.57 Å². The fraction of sp³-hybridized carbons (Fsp3) is 0.200. The predicted octanol–water partition coefficient (Wildman–Crippen LogP) is 3.20. The maximum Gasteiger partial charge on any atom is 0.0235 e. The van der Waals surface area contributed by atoms with Gasteiger partial charge >= 0.3 is 0 Å². The molecule has 1 aliphatic rings. The van der Waals surface area contributed by atoms with Gasteiger partial charge in [-0.15, -0.1) is 11.8 Å². The second-order valence-corrected chi connectivity index (χ2v) is 3.62. The fourth-order valence-electron chi connectivity index (χ4n) is 1.33. The number of benzene rings is 1. The van der Waals surface area contributed by atoms with Gasteiger partial charge in [-0.25, -0.2) is 0 Å². The van der Waals surface area contributed by atoms with Crippen molar-refractivity contribution in [1.29, 1.82) is 0 Å². The van der Waals surface area contributed by atoms with E-state index >= 15 is 0 Å². The highest BCUT2D eigenvalue weighted by Gasteiger charge is 2.13. The van der Waals surface area contributed by atoms with Gasteiger partial charge in [-0.3, -0.25) is 0 Å². The summed E-state index contributed by atoms with van der Waals surface area (Å²) < 4.78 is 0.